The van der Waals surface area contributed by atoms with E-state index in [0.717, 1.165) is 0 Å². The molecule has 1 aromatic heterocycles. The van der Waals surface area contributed by atoms with Crippen molar-refractivity contribution in [3.05, 3.63) is 42.7 Å². The Hall–Kier alpha value is -3.09. The molecule has 2 heterocycles. The first-order valence-corrected chi connectivity index (χ1v) is 7.85. The average Bonchev–Trinajstić information content (AvgIpc) is 3.03. The van der Waals surface area contributed by atoms with Crippen LogP contribution in [0.5, 0.6) is 11.5 Å². The Bertz CT molecular complexity index is 779. The minimum Gasteiger partial charge on any atom is -0.497 e. The maximum atomic E-state index is 12.4. The second kappa shape index (κ2) is 7.21. The molecule has 1 aromatic carbocycles. The SMILES string of the molecule is COc1ccc(N2C[C@H](C(=O)Nc3ccncc3)CC2=O)c(OC)c1. The highest BCUT2D eigenvalue weighted by Crippen LogP contribution is 2.36. The molecule has 1 atom stereocenters. The van der Waals surface area contributed by atoms with Gasteiger partial charge in [-0.15, -0.1) is 0 Å². The number of hydrogen-bond donors (Lipinski definition) is 1. The highest BCUT2D eigenvalue weighted by atomic mass is 16.5. The van der Waals surface area contributed by atoms with E-state index in [0.29, 0.717) is 29.4 Å². The molecule has 130 valence electrons. The fraction of sp³-hybridized carbons (Fsp3) is 0.278. The van der Waals surface area contributed by atoms with Gasteiger partial charge in [0.2, 0.25) is 11.8 Å². The number of anilines is 2. The number of aromatic nitrogens is 1. The molecule has 7 heteroatoms. The van der Waals surface area contributed by atoms with Gasteiger partial charge in [-0.1, -0.05) is 0 Å². The molecule has 0 unspecified atom stereocenters. The van der Waals surface area contributed by atoms with E-state index in [1.54, 1.807) is 54.7 Å². The number of carbonyl (C=O) groups is 2. The zero-order valence-corrected chi connectivity index (χ0v) is 14.1. The number of ether oxygens (including phenoxy) is 2. The number of pyridine rings is 1. The Labute approximate surface area is 145 Å². The second-order valence-corrected chi connectivity index (χ2v) is 5.67. The lowest BCUT2D eigenvalue weighted by molar-refractivity contribution is -0.122. The number of hydrogen-bond acceptors (Lipinski definition) is 5. The van der Waals surface area contributed by atoms with E-state index < -0.39 is 5.92 Å². The predicted molar refractivity (Wildman–Crippen MR) is 92.9 cm³/mol. The molecule has 1 N–H and O–H groups in total. The van der Waals surface area contributed by atoms with Crippen LogP contribution in [0.2, 0.25) is 0 Å². The summed E-state index contributed by atoms with van der Waals surface area (Å²) in [5.74, 6) is 0.447. The van der Waals surface area contributed by atoms with Crippen LogP contribution in [0.15, 0.2) is 42.7 Å². The minimum absolute atomic E-state index is 0.113. The summed E-state index contributed by atoms with van der Waals surface area (Å²) in [6, 6.07) is 8.65. The van der Waals surface area contributed by atoms with Gasteiger partial charge in [0, 0.05) is 37.1 Å². The van der Waals surface area contributed by atoms with Gasteiger partial charge in [-0.05, 0) is 24.3 Å². The van der Waals surface area contributed by atoms with Crippen LogP contribution >= 0.6 is 0 Å². The summed E-state index contributed by atoms with van der Waals surface area (Å²) in [7, 11) is 3.10. The van der Waals surface area contributed by atoms with Gasteiger partial charge in [0.1, 0.15) is 11.5 Å². The summed E-state index contributed by atoms with van der Waals surface area (Å²) in [5.41, 5.74) is 1.29. The van der Waals surface area contributed by atoms with E-state index in [9.17, 15) is 9.59 Å². The van der Waals surface area contributed by atoms with Crippen molar-refractivity contribution in [3.63, 3.8) is 0 Å². The Morgan fingerprint density at radius 2 is 1.96 bits per heavy atom. The number of rotatable bonds is 5. The molecular formula is C18H19N3O4. The van der Waals surface area contributed by atoms with Gasteiger partial charge in [0.15, 0.2) is 0 Å². The monoisotopic (exact) mass is 341 g/mol. The molecule has 1 fully saturated rings. The van der Waals surface area contributed by atoms with Crippen molar-refractivity contribution in [2.24, 2.45) is 5.92 Å². The van der Waals surface area contributed by atoms with Crippen LogP contribution in [-0.4, -0.2) is 37.6 Å². The third-order valence-electron chi connectivity index (χ3n) is 4.12. The van der Waals surface area contributed by atoms with Crippen LogP contribution in [0.25, 0.3) is 0 Å². The standard InChI is InChI=1S/C18H19N3O4/c1-24-14-3-4-15(16(10-14)25-2)21-11-12(9-17(21)22)18(23)20-13-5-7-19-8-6-13/h3-8,10,12H,9,11H2,1-2H3,(H,19,20,23)/t12-/m1/s1. The van der Waals surface area contributed by atoms with Gasteiger partial charge in [0.25, 0.3) is 0 Å². The maximum Gasteiger partial charge on any atom is 0.229 e. The molecule has 0 radical (unpaired) electrons. The van der Waals surface area contributed by atoms with E-state index in [1.165, 1.54) is 7.11 Å². The van der Waals surface area contributed by atoms with Gasteiger partial charge in [-0.25, -0.2) is 0 Å². The van der Waals surface area contributed by atoms with E-state index in [2.05, 4.69) is 10.3 Å². The average molecular weight is 341 g/mol. The molecular weight excluding hydrogens is 322 g/mol. The van der Waals surface area contributed by atoms with Crippen molar-refractivity contribution in [3.8, 4) is 11.5 Å². The number of amides is 2. The zero-order chi connectivity index (χ0) is 17.8. The van der Waals surface area contributed by atoms with Crippen molar-refractivity contribution in [2.75, 3.05) is 31.0 Å². The third-order valence-corrected chi connectivity index (χ3v) is 4.12. The number of nitrogens with zero attached hydrogens (tertiary/aromatic N) is 2. The normalized spacial score (nSPS) is 16.6. The van der Waals surface area contributed by atoms with Gasteiger partial charge < -0.3 is 19.7 Å². The smallest absolute Gasteiger partial charge is 0.229 e. The molecule has 0 bridgehead atoms. The minimum atomic E-state index is -0.424. The quantitative estimate of drug-likeness (QED) is 0.901. The first kappa shape index (κ1) is 16.8. The van der Waals surface area contributed by atoms with Crippen LogP contribution < -0.4 is 19.7 Å². The fourth-order valence-electron chi connectivity index (χ4n) is 2.80. The Kier molecular flexibility index (Phi) is 4.83. The molecule has 3 rings (SSSR count). The molecule has 0 aliphatic carbocycles. The summed E-state index contributed by atoms with van der Waals surface area (Å²) < 4.78 is 10.5. The number of benzene rings is 1. The molecule has 25 heavy (non-hydrogen) atoms. The van der Waals surface area contributed by atoms with E-state index >= 15 is 0 Å². The maximum absolute atomic E-state index is 12.4. The summed E-state index contributed by atoms with van der Waals surface area (Å²) in [5, 5.41) is 2.81. The molecule has 0 spiro atoms. The van der Waals surface area contributed by atoms with Gasteiger partial charge in [-0.3, -0.25) is 14.6 Å². The van der Waals surface area contributed by atoms with Crippen LogP contribution in [-0.2, 0) is 9.59 Å². The van der Waals surface area contributed by atoms with E-state index in [1.807, 2.05) is 0 Å². The van der Waals surface area contributed by atoms with Crippen LogP contribution in [0.4, 0.5) is 11.4 Å². The Morgan fingerprint density at radius 3 is 2.64 bits per heavy atom. The lowest BCUT2D eigenvalue weighted by Gasteiger charge is -2.20. The predicted octanol–water partition coefficient (Wildman–Crippen LogP) is 2.09. The second-order valence-electron chi connectivity index (χ2n) is 5.67. The number of methoxy groups -OCH3 is 2. The third kappa shape index (κ3) is 3.55. The fourth-order valence-corrected chi connectivity index (χ4v) is 2.80. The largest absolute Gasteiger partial charge is 0.497 e. The molecule has 1 aliphatic rings. The van der Waals surface area contributed by atoms with E-state index in [-0.39, 0.29) is 18.2 Å². The first-order valence-electron chi connectivity index (χ1n) is 7.85. The van der Waals surface area contributed by atoms with Crippen molar-refractivity contribution in [1.82, 2.24) is 4.98 Å². The van der Waals surface area contributed by atoms with E-state index in [4.69, 9.17) is 9.47 Å². The molecule has 1 saturated heterocycles. The highest BCUT2D eigenvalue weighted by molar-refractivity contribution is 6.04. The van der Waals surface area contributed by atoms with Gasteiger partial charge >= 0.3 is 0 Å². The van der Waals surface area contributed by atoms with Crippen LogP contribution in [0.3, 0.4) is 0 Å². The van der Waals surface area contributed by atoms with Crippen LogP contribution in [0, 0.1) is 5.92 Å². The first-order chi connectivity index (χ1) is 12.1. The van der Waals surface area contributed by atoms with Crippen molar-refractivity contribution in [2.45, 2.75) is 6.42 Å². The Morgan fingerprint density at radius 1 is 1.20 bits per heavy atom. The summed E-state index contributed by atoms with van der Waals surface area (Å²) in [6.07, 6.45) is 3.36. The lowest BCUT2D eigenvalue weighted by Crippen LogP contribution is -2.28. The van der Waals surface area contributed by atoms with Gasteiger partial charge in [-0.2, -0.15) is 0 Å². The molecule has 2 aromatic rings. The van der Waals surface area contributed by atoms with Crippen LogP contribution in [0.1, 0.15) is 6.42 Å². The highest BCUT2D eigenvalue weighted by Gasteiger charge is 2.36. The number of nitrogens with one attached hydrogen (secondary N) is 1. The topological polar surface area (TPSA) is 80.8 Å². The summed E-state index contributed by atoms with van der Waals surface area (Å²) >= 11 is 0. The number of carbonyl (C=O) groups excluding carboxylic acids is 2. The van der Waals surface area contributed by atoms with Crippen molar-refractivity contribution >= 4 is 23.2 Å². The summed E-state index contributed by atoms with van der Waals surface area (Å²) in [6.45, 7) is 0.304. The molecule has 0 saturated carbocycles. The molecule has 1 aliphatic heterocycles. The van der Waals surface area contributed by atoms with Crippen molar-refractivity contribution in [1.29, 1.82) is 0 Å². The summed E-state index contributed by atoms with van der Waals surface area (Å²) in [4.78, 5) is 30.3. The molecule has 7 nitrogen and oxygen atoms in total. The zero-order valence-electron chi connectivity index (χ0n) is 14.1. The van der Waals surface area contributed by atoms with Gasteiger partial charge in [0.05, 0.1) is 25.8 Å². The van der Waals surface area contributed by atoms with Crippen molar-refractivity contribution < 1.29 is 19.1 Å². The lowest BCUT2D eigenvalue weighted by atomic mass is 10.1. The molecule has 2 amide bonds. The Balaban J connectivity index is 1.75.